The van der Waals surface area contributed by atoms with Crippen molar-refractivity contribution >= 4 is 0 Å². The molecule has 0 aliphatic rings. The van der Waals surface area contributed by atoms with Gasteiger partial charge < -0.3 is 14.6 Å². The van der Waals surface area contributed by atoms with E-state index in [1.165, 1.54) is 25.2 Å². The van der Waals surface area contributed by atoms with Gasteiger partial charge in [0, 0.05) is 11.5 Å². The molecule has 0 fully saturated rings. The fourth-order valence-electron chi connectivity index (χ4n) is 1.99. The topological polar surface area (TPSA) is 38.7 Å². The predicted octanol–water partition coefficient (Wildman–Crippen LogP) is 7.03. The van der Waals surface area contributed by atoms with Gasteiger partial charge in [-0.15, -0.1) is 0 Å². The molecule has 32 heavy (non-hydrogen) atoms. The molecule has 0 saturated heterocycles. The third-order valence-electron chi connectivity index (χ3n) is 4.15. The molecule has 0 heterocycles. The van der Waals surface area contributed by atoms with E-state index < -0.39 is 29.5 Å². The molecule has 0 aromatic carbocycles. The van der Waals surface area contributed by atoms with Crippen LogP contribution in [0.15, 0.2) is 121 Å². The second-order valence-electron chi connectivity index (χ2n) is 6.89. The monoisotopic (exact) mass is 448 g/mol. The van der Waals surface area contributed by atoms with Crippen molar-refractivity contribution < 1.29 is 27.8 Å². The zero-order chi connectivity index (χ0) is 25.0. The van der Waals surface area contributed by atoms with Crippen molar-refractivity contribution in [3.63, 3.8) is 0 Å². The minimum Gasteiger partial charge on any atom is -0.487 e. The quantitative estimate of drug-likeness (QED) is 0.126. The Kier molecular flexibility index (Phi) is 12.7. The van der Waals surface area contributed by atoms with Crippen molar-refractivity contribution in [3.05, 3.63) is 121 Å². The Morgan fingerprint density at radius 1 is 0.906 bits per heavy atom. The number of aliphatic hydroxyl groups is 1. The standard InChI is InChI=1S/C26H31F3O3/c1-10-13-31-22(8)26(29)25(28)21(7)17(3)12-11-16(2)18(4)14-24(27)20(6)19(5)15-32-23(9)30/h10-12,14,19,23,30H,1-4,6-8,13,15H2,5,9H3/b12-11-,24-14+,26-25-. The molecule has 0 radical (unpaired) electrons. The summed E-state index contributed by atoms with van der Waals surface area (Å²) in [7, 11) is 0. The van der Waals surface area contributed by atoms with Crippen LogP contribution in [0.1, 0.15) is 13.8 Å². The van der Waals surface area contributed by atoms with E-state index in [1.54, 1.807) is 6.92 Å². The van der Waals surface area contributed by atoms with Gasteiger partial charge >= 0.3 is 0 Å². The molecule has 0 saturated carbocycles. The molecular formula is C26H31F3O3. The van der Waals surface area contributed by atoms with E-state index in [9.17, 15) is 13.2 Å². The lowest BCUT2D eigenvalue weighted by molar-refractivity contribution is -0.0917. The summed E-state index contributed by atoms with van der Waals surface area (Å²) >= 11 is 0. The summed E-state index contributed by atoms with van der Waals surface area (Å²) in [4.78, 5) is 0. The van der Waals surface area contributed by atoms with Gasteiger partial charge in [0.15, 0.2) is 17.9 Å². The number of aliphatic hydroxyl groups excluding tert-OH is 1. The van der Waals surface area contributed by atoms with Crippen LogP contribution in [0.3, 0.4) is 0 Å². The number of allylic oxidation sites excluding steroid dienone is 10. The summed E-state index contributed by atoms with van der Waals surface area (Å²) in [6.45, 7) is 28.2. The summed E-state index contributed by atoms with van der Waals surface area (Å²) in [5.74, 6) is -4.06. The second kappa shape index (κ2) is 14.1. The van der Waals surface area contributed by atoms with Gasteiger partial charge in [0.05, 0.1) is 6.61 Å². The van der Waals surface area contributed by atoms with E-state index in [4.69, 9.17) is 14.6 Å². The molecule has 0 aromatic rings. The normalized spacial score (nSPS) is 14.2. The van der Waals surface area contributed by atoms with Gasteiger partial charge in [-0.2, -0.15) is 4.39 Å². The molecule has 0 rings (SSSR count). The molecule has 1 N–H and O–H groups in total. The van der Waals surface area contributed by atoms with Crippen LogP contribution in [0.5, 0.6) is 0 Å². The fraction of sp³-hybridized carbons (Fsp3) is 0.231. The Labute approximate surface area is 188 Å². The van der Waals surface area contributed by atoms with Gasteiger partial charge in [-0.05, 0) is 35.3 Å². The maximum absolute atomic E-state index is 14.4. The molecule has 174 valence electrons. The van der Waals surface area contributed by atoms with E-state index in [2.05, 4.69) is 46.1 Å². The number of rotatable bonds is 15. The van der Waals surface area contributed by atoms with Gasteiger partial charge in [0.2, 0.25) is 5.83 Å². The van der Waals surface area contributed by atoms with Crippen LogP contribution < -0.4 is 0 Å². The predicted molar refractivity (Wildman–Crippen MR) is 125 cm³/mol. The molecular weight excluding hydrogens is 417 g/mol. The van der Waals surface area contributed by atoms with Crippen molar-refractivity contribution in [2.24, 2.45) is 5.92 Å². The van der Waals surface area contributed by atoms with E-state index in [0.717, 1.165) is 6.08 Å². The van der Waals surface area contributed by atoms with Gasteiger partial charge in [-0.3, -0.25) is 0 Å². The number of hydrogen-bond donors (Lipinski definition) is 1. The second-order valence-corrected chi connectivity index (χ2v) is 6.89. The summed E-state index contributed by atoms with van der Waals surface area (Å²) in [5.41, 5.74) is 0.445. The fourth-order valence-corrected chi connectivity index (χ4v) is 1.99. The first-order valence-electron chi connectivity index (χ1n) is 9.62. The van der Waals surface area contributed by atoms with E-state index in [0.29, 0.717) is 5.57 Å². The van der Waals surface area contributed by atoms with Crippen LogP contribution in [-0.2, 0) is 9.47 Å². The highest BCUT2D eigenvalue weighted by Gasteiger charge is 2.16. The smallest absolute Gasteiger partial charge is 0.200 e. The Morgan fingerprint density at radius 2 is 1.47 bits per heavy atom. The zero-order valence-corrected chi connectivity index (χ0v) is 18.7. The molecule has 0 amide bonds. The third-order valence-corrected chi connectivity index (χ3v) is 4.15. The Hall–Kier alpha value is -3.09. The highest BCUT2D eigenvalue weighted by atomic mass is 19.2. The van der Waals surface area contributed by atoms with Crippen molar-refractivity contribution in [2.45, 2.75) is 20.1 Å². The summed E-state index contributed by atoms with van der Waals surface area (Å²) in [6, 6.07) is 0. The SMILES string of the molecule is C=CCOC(=C)/C(F)=C(/F)C(=C)C(=C)/C=C\C(=C)C(=C)/C=C(/F)C(=C)C(C)COC(C)O. The van der Waals surface area contributed by atoms with E-state index in [-0.39, 0.29) is 41.4 Å². The maximum atomic E-state index is 14.4. The molecule has 3 nitrogen and oxygen atoms in total. The number of hydrogen-bond acceptors (Lipinski definition) is 3. The summed E-state index contributed by atoms with van der Waals surface area (Å²) in [5, 5.41) is 9.14. The molecule has 0 bridgehead atoms. The lowest BCUT2D eigenvalue weighted by atomic mass is 9.99. The van der Waals surface area contributed by atoms with Crippen molar-refractivity contribution in [1.82, 2.24) is 0 Å². The maximum Gasteiger partial charge on any atom is 0.200 e. The van der Waals surface area contributed by atoms with Crippen LogP contribution in [0.4, 0.5) is 13.2 Å². The molecule has 0 aliphatic carbocycles. The molecule has 0 aromatic heterocycles. The Morgan fingerprint density at radius 3 is 2.00 bits per heavy atom. The van der Waals surface area contributed by atoms with E-state index >= 15 is 0 Å². The first kappa shape index (κ1) is 28.9. The molecule has 2 unspecified atom stereocenters. The average molecular weight is 449 g/mol. The van der Waals surface area contributed by atoms with Gasteiger partial charge in [0.1, 0.15) is 12.4 Å². The van der Waals surface area contributed by atoms with Crippen molar-refractivity contribution in [1.29, 1.82) is 0 Å². The van der Waals surface area contributed by atoms with Crippen LogP contribution in [0, 0.1) is 5.92 Å². The first-order chi connectivity index (χ1) is 14.8. The largest absolute Gasteiger partial charge is 0.487 e. The van der Waals surface area contributed by atoms with Crippen LogP contribution in [0.2, 0.25) is 0 Å². The molecule has 0 spiro atoms. The average Bonchev–Trinajstić information content (AvgIpc) is 2.76. The highest BCUT2D eigenvalue weighted by molar-refractivity contribution is 5.52. The van der Waals surface area contributed by atoms with Gasteiger partial charge in [-0.25, -0.2) is 8.78 Å². The molecule has 2 atom stereocenters. The van der Waals surface area contributed by atoms with E-state index in [1.807, 2.05) is 0 Å². The summed E-state index contributed by atoms with van der Waals surface area (Å²) < 4.78 is 52.6. The summed E-state index contributed by atoms with van der Waals surface area (Å²) in [6.07, 6.45) is 4.30. The van der Waals surface area contributed by atoms with Crippen LogP contribution >= 0.6 is 0 Å². The number of ether oxygens (including phenoxy) is 2. The minimum absolute atomic E-state index is 0.0301. The van der Waals surface area contributed by atoms with Crippen LogP contribution in [-0.4, -0.2) is 24.6 Å². The lowest BCUT2D eigenvalue weighted by Crippen LogP contribution is -2.14. The highest BCUT2D eigenvalue weighted by Crippen LogP contribution is 2.28. The Balaban J connectivity index is 5.16. The molecule has 0 aliphatic heterocycles. The number of halogens is 3. The minimum atomic E-state index is -1.30. The Bertz CT molecular complexity index is 886. The molecule has 6 heteroatoms. The van der Waals surface area contributed by atoms with Crippen molar-refractivity contribution in [2.75, 3.05) is 13.2 Å². The first-order valence-corrected chi connectivity index (χ1v) is 9.62. The lowest BCUT2D eigenvalue weighted by Gasteiger charge is -2.15. The van der Waals surface area contributed by atoms with Gasteiger partial charge in [0.25, 0.3) is 0 Å². The van der Waals surface area contributed by atoms with Gasteiger partial charge in [-0.1, -0.05) is 71.2 Å². The van der Waals surface area contributed by atoms with Crippen molar-refractivity contribution in [3.8, 4) is 0 Å². The van der Waals surface area contributed by atoms with Crippen LogP contribution in [0.25, 0.3) is 0 Å². The zero-order valence-electron chi connectivity index (χ0n) is 18.7. The third kappa shape index (κ3) is 9.81.